The first-order valence-corrected chi connectivity index (χ1v) is 12.3. The van der Waals surface area contributed by atoms with Crippen molar-refractivity contribution in [3.8, 4) is 23.1 Å². The van der Waals surface area contributed by atoms with Crippen LogP contribution in [-0.2, 0) is 0 Å². The van der Waals surface area contributed by atoms with E-state index in [-0.39, 0.29) is 11.3 Å². The summed E-state index contributed by atoms with van der Waals surface area (Å²) in [6.45, 7) is 5.21. The highest BCUT2D eigenvalue weighted by Gasteiger charge is 2.15. The van der Waals surface area contributed by atoms with Crippen LogP contribution in [0.2, 0.25) is 0 Å². The number of hydrogen-bond acceptors (Lipinski definition) is 6. The largest absolute Gasteiger partial charge is 0.478 e. The Bertz CT molecular complexity index is 1730. The Hall–Kier alpha value is -5.85. The van der Waals surface area contributed by atoms with Crippen LogP contribution in [0.1, 0.15) is 53.5 Å². The number of benzene rings is 3. The molecular weight excluding hydrogens is 518 g/mol. The van der Waals surface area contributed by atoms with Gasteiger partial charge in [-0.3, -0.25) is 20.0 Å². The number of carboxylic acids is 1. The Kier molecular flexibility index (Phi) is 8.79. The third-order valence-corrected chi connectivity index (χ3v) is 6.11. The van der Waals surface area contributed by atoms with Crippen molar-refractivity contribution in [2.75, 3.05) is 5.32 Å². The molecule has 3 aromatic carbocycles. The first kappa shape index (κ1) is 28.2. The van der Waals surface area contributed by atoms with Gasteiger partial charge < -0.3 is 10.4 Å². The maximum Gasteiger partial charge on any atom is 0.337 e. The SMILES string of the molecule is C=N/C=C\c1nc(-c2ccc(C#Cc3ccc(C(=O)Nc4ccccc4C(=O)O)cc3)cc2)cc(C(=O)NN)c1C. The van der Waals surface area contributed by atoms with Crippen LogP contribution in [0.3, 0.4) is 0 Å². The fourth-order valence-corrected chi connectivity index (χ4v) is 3.92. The number of amides is 2. The highest BCUT2D eigenvalue weighted by molar-refractivity contribution is 6.07. The number of para-hydroxylation sites is 1. The standard InChI is InChI=1S/C32H25N5O4/c1-20-26(31(39)37-33)19-29(35-27(20)17-18-34-2)23-13-9-21(10-14-23)7-8-22-11-15-24(16-12-22)30(38)36-28-6-4-3-5-25(28)32(40)41/h3-6,9-19H,2,33H2,1H3,(H,36,38)(H,37,39)(H,40,41)/b18-17-. The van der Waals surface area contributed by atoms with E-state index in [1.165, 1.54) is 18.3 Å². The Balaban J connectivity index is 1.51. The summed E-state index contributed by atoms with van der Waals surface area (Å²) >= 11 is 0. The highest BCUT2D eigenvalue weighted by Crippen LogP contribution is 2.24. The van der Waals surface area contributed by atoms with Crippen molar-refractivity contribution in [3.05, 3.63) is 124 Å². The summed E-state index contributed by atoms with van der Waals surface area (Å²) in [5, 5.41) is 11.9. The molecule has 2 amide bonds. The Morgan fingerprint density at radius 2 is 1.56 bits per heavy atom. The summed E-state index contributed by atoms with van der Waals surface area (Å²) < 4.78 is 0. The molecule has 0 aliphatic heterocycles. The molecule has 41 heavy (non-hydrogen) atoms. The van der Waals surface area contributed by atoms with Crippen molar-refractivity contribution in [1.29, 1.82) is 0 Å². The molecule has 0 aliphatic carbocycles. The van der Waals surface area contributed by atoms with Gasteiger partial charge in [0, 0.05) is 34.0 Å². The molecule has 9 nitrogen and oxygen atoms in total. The van der Waals surface area contributed by atoms with Gasteiger partial charge in [0.05, 0.1) is 22.6 Å². The Labute approximate surface area is 236 Å². The Morgan fingerprint density at radius 3 is 2.17 bits per heavy atom. The number of pyridine rings is 1. The second-order valence-electron chi connectivity index (χ2n) is 8.75. The van der Waals surface area contributed by atoms with Gasteiger partial charge in [0.15, 0.2) is 0 Å². The molecule has 0 radical (unpaired) electrons. The van der Waals surface area contributed by atoms with Gasteiger partial charge in [0.1, 0.15) is 0 Å². The van der Waals surface area contributed by atoms with Crippen LogP contribution in [0.15, 0.2) is 90.1 Å². The van der Waals surface area contributed by atoms with E-state index in [0.29, 0.717) is 33.6 Å². The number of nitrogens with one attached hydrogen (secondary N) is 2. The number of carbonyl (C=O) groups excluding carboxylic acids is 2. The fraction of sp³-hybridized carbons (Fsp3) is 0.0312. The minimum Gasteiger partial charge on any atom is -0.478 e. The number of anilines is 1. The van der Waals surface area contributed by atoms with Crippen molar-refractivity contribution in [2.24, 2.45) is 10.8 Å². The normalized spacial score (nSPS) is 10.4. The zero-order chi connectivity index (χ0) is 29.4. The number of nitrogens with zero attached hydrogens (tertiary/aromatic N) is 2. The van der Waals surface area contributed by atoms with Crippen molar-refractivity contribution < 1.29 is 19.5 Å². The Morgan fingerprint density at radius 1 is 0.927 bits per heavy atom. The van der Waals surface area contributed by atoms with Crippen LogP contribution < -0.4 is 16.6 Å². The van der Waals surface area contributed by atoms with E-state index in [2.05, 4.69) is 39.3 Å². The zero-order valence-electron chi connectivity index (χ0n) is 22.0. The van der Waals surface area contributed by atoms with Crippen LogP contribution in [-0.4, -0.2) is 34.6 Å². The number of aliphatic imine (C=N–C) groups is 1. The molecule has 4 aromatic rings. The molecule has 0 atom stereocenters. The lowest BCUT2D eigenvalue weighted by Gasteiger charge is -2.11. The van der Waals surface area contributed by atoms with Gasteiger partial charge in [-0.25, -0.2) is 15.6 Å². The maximum absolute atomic E-state index is 12.6. The fourth-order valence-electron chi connectivity index (χ4n) is 3.92. The van der Waals surface area contributed by atoms with E-state index in [4.69, 9.17) is 5.84 Å². The monoisotopic (exact) mass is 543 g/mol. The van der Waals surface area contributed by atoms with Crippen LogP contribution >= 0.6 is 0 Å². The number of aromatic nitrogens is 1. The minimum atomic E-state index is -1.12. The number of hydrogen-bond donors (Lipinski definition) is 4. The molecule has 0 spiro atoms. The van der Waals surface area contributed by atoms with Crippen molar-refractivity contribution in [1.82, 2.24) is 10.4 Å². The molecule has 0 unspecified atom stereocenters. The van der Waals surface area contributed by atoms with Crippen LogP contribution in [0.25, 0.3) is 17.3 Å². The smallest absolute Gasteiger partial charge is 0.337 e. The molecule has 0 saturated heterocycles. The molecule has 1 aromatic heterocycles. The van der Waals surface area contributed by atoms with Gasteiger partial charge >= 0.3 is 5.97 Å². The third kappa shape index (κ3) is 6.78. The molecule has 0 bridgehead atoms. The summed E-state index contributed by atoms with van der Waals surface area (Å²) in [6.07, 6.45) is 3.17. The van der Waals surface area contributed by atoms with Crippen molar-refractivity contribution in [2.45, 2.75) is 6.92 Å². The molecular formula is C32H25N5O4. The predicted molar refractivity (Wildman–Crippen MR) is 158 cm³/mol. The first-order valence-electron chi connectivity index (χ1n) is 12.3. The second-order valence-corrected chi connectivity index (χ2v) is 8.75. The first-order chi connectivity index (χ1) is 19.8. The van der Waals surface area contributed by atoms with E-state index in [0.717, 1.165) is 11.1 Å². The van der Waals surface area contributed by atoms with Crippen LogP contribution in [0, 0.1) is 18.8 Å². The van der Waals surface area contributed by atoms with E-state index < -0.39 is 17.8 Å². The number of nitrogens with two attached hydrogens (primary N) is 1. The average molecular weight is 544 g/mol. The van der Waals surface area contributed by atoms with E-state index in [1.807, 2.05) is 24.3 Å². The number of hydrazine groups is 1. The molecule has 0 fully saturated rings. The zero-order valence-corrected chi connectivity index (χ0v) is 22.0. The molecule has 1 heterocycles. The van der Waals surface area contributed by atoms with E-state index in [9.17, 15) is 19.5 Å². The lowest BCUT2D eigenvalue weighted by Crippen LogP contribution is -2.30. The van der Waals surface area contributed by atoms with Crippen LogP contribution in [0.4, 0.5) is 5.69 Å². The molecule has 0 aliphatic rings. The molecule has 202 valence electrons. The average Bonchev–Trinajstić information content (AvgIpc) is 2.99. The van der Waals surface area contributed by atoms with Gasteiger partial charge in [0.2, 0.25) is 0 Å². The number of carboxylic acid groups (broad SMARTS) is 1. The summed E-state index contributed by atoms with van der Waals surface area (Å²) in [5.74, 6) is 9.54. The van der Waals surface area contributed by atoms with E-state index in [1.54, 1.807) is 55.5 Å². The van der Waals surface area contributed by atoms with E-state index >= 15 is 0 Å². The summed E-state index contributed by atoms with van der Waals surface area (Å²) in [7, 11) is 0. The number of rotatable bonds is 7. The van der Waals surface area contributed by atoms with Gasteiger partial charge in [-0.15, -0.1) is 0 Å². The maximum atomic E-state index is 12.6. The number of aromatic carboxylic acids is 1. The van der Waals surface area contributed by atoms with Gasteiger partial charge in [-0.1, -0.05) is 36.1 Å². The lowest BCUT2D eigenvalue weighted by atomic mass is 10.0. The van der Waals surface area contributed by atoms with Crippen LogP contribution in [0.5, 0.6) is 0 Å². The molecule has 9 heteroatoms. The number of carbonyl (C=O) groups is 3. The van der Waals surface area contributed by atoms with Gasteiger partial charge in [-0.05, 0) is 79.9 Å². The topological polar surface area (TPSA) is 147 Å². The molecule has 0 saturated carbocycles. The summed E-state index contributed by atoms with van der Waals surface area (Å²) in [4.78, 5) is 44.7. The summed E-state index contributed by atoms with van der Waals surface area (Å²) in [5.41, 5.74) is 7.20. The lowest BCUT2D eigenvalue weighted by molar-refractivity contribution is 0.0697. The molecule has 4 rings (SSSR count). The van der Waals surface area contributed by atoms with Crippen molar-refractivity contribution in [3.63, 3.8) is 0 Å². The number of nitrogen functional groups attached to an aromatic ring is 1. The predicted octanol–water partition coefficient (Wildman–Crippen LogP) is 4.68. The van der Waals surface area contributed by atoms with Gasteiger partial charge in [0.25, 0.3) is 11.8 Å². The second kappa shape index (κ2) is 12.8. The highest BCUT2D eigenvalue weighted by atomic mass is 16.4. The third-order valence-electron chi connectivity index (χ3n) is 6.11. The van der Waals surface area contributed by atoms with Crippen molar-refractivity contribution >= 4 is 36.3 Å². The van der Waals surface area contributed by atoms with Gasteiger partial charge in [-0.2, -0.15) is 0 Å². The summed E-state index contributed by atoms with van der Waals surface area (Å²) in [6, 6.07) is 22.0. The minimum absolute atomic E-state index is 0.0104. The quantitative estimate of drug-likeness (QED) is 0.0875. The molecule has 5 N–H and O–H groups in total.